The second-order valence-electron chi connectivity index (χ2n) is 6.96. The minimum Gasteiger partial charge on any atom is -0.394 e. The predicted molar refractivity (Wildman–Crippen MR) is 99.6 cm³/mol. The number of benzene rings is 1. The SMILES string of the molecule is COC[C@@H]1CCCN1S(=O)(=O)c1ccc2c(c1)C(=O)C(=O)N2CC[C@@H](O)CO. The van der Waals surface area contributed by atoms with Crippen LogP contribution in [0.3, 0.4) is 0 Å². The van der Waals surface area contributed by atoms with Crippen molar-refractivity contribution < 1.29 is 33.0 Å². The molecule has 3 rings (SSSR count). The van der Waals surface area contributed by atoms with Gasteiger partial charge in [0.2, 0.25) is 10.0 Å². The molecule has 1 amide bonds. The minimum atomic E-state index is -3.82. The number of rotatable bonds is 8. The van der Waals surface area contributed by atoms with Crippen molar-refractivity contribution in [2.45, 2.75) is 36.3 Å². The maximum Gasteiger partial charge on any atom is 0.299 e. The fourth-order valence-corrected chi connectivity index (χ4v) is 5.36. The van der Waals surface area contributed by atoms with Gasteiger partial charge in [-0.25, -0.2) is 8.42 Å². The van der Waals surface area contributed by atoms with Crippen LogP contribution in [0.2, 0.25) is 0 Å². The highest BCUT2D eigenvalue weighted by Gasteiger charge is 2.39. The number of nitrogens with zero attached hydrogens (tertiary/aromatic N) is 2. The van der Waals surface area contributed by atoms with Crippen LogP contribution in [0.15, 0.2) is 23.1 Å². The molecule has 2 atom stereocenters. The Labute approximate surface area is 163 Å². The fraction of sp³-hybridized carbons (Fsp3) is 0.556. The number of hydrogen-bond donors (Lipinski definition) is 2. The van der Waals surface area contributed by atoms with E-state index in [9.17, 15) is 23.1 Å². The number of aliphatic hydroxyl groups excluding tert-OH is 2. The lowest BCUT2D eigenvalue weighted by Gasteiger charge is -2.24. The number of Topliss-reactive ketones (excluding diaryl/α,β-unsaturated/α-hetero) is 1. The first kappa shape index (κ1) is 20.9. The Hall–Kier alpha value is -1.85. The summed E-state index contributed by atoms with van der Waals surface area (Å²) in [5.41, 5.74) is 0.348. The summed E-state index contributed by atoms with van der Waals surface area (Å²) in [6, 6.07) is 3.82. The second-order valence-corrected chi connectivity index (χ2v) is 8.85. The molecule has 1 saturated heterocycles. The zero-order valence-electron chi connectivity index (χ0n) is 15.6. The van der Waals surface area contributed by atoms with Crippen molar-refractivity contribution >= 4 is 27.4 Å². The van der Waals surface area contributed by atoms with Gasteiger partial charge in [0.25, 0.3) is 11.7 Å². The summed E-state index contributed by atoms with van der Waals surface area (Å²) in [4.78, 5) is 25.8. The van der Waals surface area contributed by atoms with Gasteiger partial charge in [0.05, 0.1) is 35.5 Å². The largest absolute Gasteiger partial charge is 0.394 e. The number of sulfonamides is 1. The van der Waals surface area contributed by atoms with Crippen molar-refractivity contribution in [1.29, 1.82) is 0 Å². The van der Waals surface area contributed by atoms with Gasteiger partial charge in [0, 0.05) is 26.2 Å². The summed E-state index contributed by atoms with van der Waals surface area (Å²) >= 11 is 0. The van der Waals surface area contributed by atoms with E-state index in [4.69, 9.17) is 9.84 Å². The molecule has 0 radical (unpaired) electrons. The molecule has 10 heteroatoms. The molecule has 154 valence electrons. The molecule has 1 aromatic carbocycles. The third kappa shape index (κ3) is 3.70. The lowest BCUT2D eigenvalue weighted by molar-refractivity contribution is -0.114. The quantitative estimate of drug-likeness (QED) is 0.565. The zero-order valence-corrected chi connectivity index (χ0v) is 16.4. The number of carbonyl (C=O) groups excluding carboxylic acids is 2. The molecule has 1 fully saturated rings. The van der Waals surface area contributed by atoms with E-state index in [-0.39, 0.29) is 29.5 Å². The van der Waals surface area contributed by atoms with Crippen LogP contribution >= 0.6 is 0 Å². The van der Waals surface area contributed by atoms with Crippen molar-refractivity contribution in [1.82, 2.24) is 4.31 Å². The molecule has 28 heavy (non-hydrogen) atoms. The van der Waals surface area contributed by atoms with Crippen LogP contribution in [0.5, 0.6) is 0 Å². The second kappa shape index (κ2) is 8.26. The third-order valence-electron chi connectivity index (χ3n) is 5.13. The molecule has 0 aromatic heterocycles. The Kier molecular flexibility index (Phi) is 6.15. The van der Waals surface area contributed by atoms with Crippen LogP contribution in [0.1, 0.15) is 29.6 Å². The lowest BCUT2D eigenvalue weighted by atomic mass is 10.1. The van der Waals surface area contributed by atoms with Crippen molar-refractivity contribution in [2.24, 2.45) is 0 Å². The lowest BCUT2D eigenvalue weighted by Crippen LogP contribution is -2.38. The van der Waals surface area contributed by atoms with Gasteiger partial charge in [-0.15, -0.1) is 0 Å². The summed E-state index contributed by atoms with van der Waals surface area (Å²) in [5, 5.41) is 18.4. The van der Waals surface area contributed by atoms with Gasteiger partial charge in [-0.05, 0) is 37.5 Å². The van der Waals surface area contributed by atoms with E-state index in [0.29, 0.717) is 25.3 Å². The average Bonchev–Trinajstić information content (AvgIpc) is 3.24. The fourth-order valence-electron chi connectivity index (χ4n) is 3.65. The van der Waals surface area contributed by atoms with Gasteiger partial charge in [-0.3, -0.25) is 9.59 Å². The van der Waals surface area contributed by atoms with Crippen LogP contribution in [-0.4, -0.2) is 80.2 Å². The number of methoxy groups -OCH3 is 1. The van der Waals surface area contributed by atoms with E-state index >= 15 is 0 Å². The molecule has 2 heterocycles. The summed E-state index contributed by atoms with van der Waals surface area (Å²) in [5.74, 6) is -1.55. The molecule has 2 aliphatic heterocycles. The van der Waals surface area contributed by atoms with E-state index in [1.807, 2.05) is 0 Å². The number of amides is 1. The molecule has 9 nitrogen and oxygen atoms in total. The number of carbonyl (C=O) groups is 2. The molecular weight excluding hydrogens is 388 g/mol. The first-order chi connectivity index (χ1) is 13.3. The van der Waals surface area contributed by atoms with Crippen LogP contribution in [-0.2, 0) is 19.6 Å². The minimum absolute atomic E-state index is 0.0343. The average molecular weight is 412 g/mol. The number of fused-ring (bicyclic) bond motifs is 1. The number of ether oxygens (including phenoxy) is 1. The first-order valence-corrected chi connectivity index (χ1v) is 10.5. The zero-order chi connectivity index (χ0) is 20.5. The molecule has 0 unspecified atom stereocenters. The van der Waals surface area contributed by atoms with Gasteiger partial charge >= 0.3 is 0 Å². The number of hydrogen-bond acceptors (Lipinski definition) is 7. The maximum atomic E-state index is 13.0. The molecule has 0 bridgehead atoms. The molecule has 0 spiro atoms. The standard InChI is InChI=1S/C18H24N2O7S/c1-27-11-12-3-2-7-20(12)28(25,26)14-4-5-16-15(9-14)17(23)18(24)19(16)8-6-13(22)10-21/h4-5,9,12-13,21-22H,2-3,6-8,10-11H2,1H3/t12-,13+/m0/s1. The highest BCUT2D eigenvalue weighted by Crippen LogP contribution is 2.33. The molecule has 2 N–H and O–H groups in total. The van der Waals surface area contributed by atoms with Crippen molar-refractivity contribution in [3.63, 3.8) is 0 Å². The van der Waals surface area contributed by atoms with Crippen LogP contribution in [0, 0.1) is 0 Å². The Balaban J connectivity index is 1.89. The Morgan fingerprint density at radius 1 is 1.32 bits per heavy atom. The Morgan fingerprint density at radius 2 is 2.07 bits per heavy atom. The number of ketones is 1. The molecule has 0 saturated carbocycles. The van der Waals surface area contributed by atoms with E-state index < -0.39 is 34.4 Å². The number of aliphatic hydroxyl groups is 2. The van der Waals surface area contributed by atoms with Gasteiger partial charge in [0.15, 0.2) is 0 Å². The van der Waals surface area contributed by atoms with Crippen LogP contribution in [0.25, 0.3) is 0 Å². The van der Waals surface area contributed by atoms with Crippen molar-refractivity contribution in [2.75, 3.05) is 38.3 Å². The Bertz CT molecular complexity index is 871. The monoisotopic (exact) mass is 412 g/mol. The van der Waals surface area contributed by atoms with Gasteiger partial charge in [-0.2, -0.15) is 4.31 Å². The first-order valence-electron chi connectivity index (χ1n) is 9.11. The highest BCUT2D eigenvalue weighted by molar-refractivity contribution is 7.89. The molecular formula is C18H24N2O7S. The van der Waals surface area contributed by atoms with Gasteiger partial charge < -0.3 is 19.8 Å². The Morgan fingerprint density at radius 3 is 2.75 bits per heavy atom. The van der Waals surface area contributed by atoms with Crippen LogP contribution in [0.4, 0.5) is 5.69 Å². The van der Waals surface area contributed by atoms with E-state index in [1.54, 1.807) is 0 Å². The van der Waals surface area contributed by atoms with Crippen molar-refractivity contribution in [3.8, 4) is 0 Å². The normalized spacial score (nSPS) is 21.4. The molecule has 2 aliphatic rings. The van der Waals surface area contributed by atoms with Crippen molar-refractivity contribution in [3.05, 3.63) is 23.8 Å². The molecule has 1 aromatic rings. The topological polar surface area (TPSA) is 124 Å². The summed E-state index contributed by atoms with van der Waals surface area (Å²) in [6.07, 6.45) is 0.536. The highest BCUT2D eigenvalue weighted by atomic mass is 32.2. The number of anilines is 1. The van der Waals surface area contributed by atoms with Gasteiger partial charge in [0.1, 0.15) is 0 Å². The maximum absolute atomic E-state index is 13.0. The summed E-state index contributed by atoms with van der Waals surface area (Å²) in [7, 11) is -2.30. The predicted octanol–water partition coefficient (Wildman–Crippen LogP) is -0.241. The van der Waals surface area contributed by atoms with E-state index in [0.717, 1.165) is 6.42 Å². The summed E-state index contributed by atoms with van der Waals surface area (Å²) in [6.45, 7) is 0.278. The van der Waals surface area contributed by atoms with Crippen LogP contribution < -0.4 is 4.90 Å². The molecule has 0 aliphatic carbocycles. The smallest absolute Gasteiger partial charge is 0.299 e. The van der Waals surface area contributed by atoms with Gasteiger partial charge in [-0.1, -0.05) is 0 Å². The summed E-state index contributed by atoms with van der Waals surface area (Å²) < 4.78 is 32.6. The third-order valence-corrected chi connectivity index (χ3v) is 7.08. The van der Waals surface area contributed by atoms with E-state index in [1.165, 1.54) is 34.5 Å². The van der Waals surface area contributed by atoms with E-state index in [2.05, 4.69) is 0 Å².